The third-order valence-corrected chi connectivity index (χ3v) is 5.16. The summed E-state index contributed by atoms with van der Waals surface area (Å²) in [7, 11) is 0. The minimum Gasteiger partial charge on any atom is -0.479 e. The van der Waals surface area contributed by atoms with E-state index in [0.29, 0.717) is 11.3 Å². The standard InChI is InChI=1S/C16H18N2O4S2/c1-10-18-11(7-23-10)8-24-13-6-4-3-5-12(13)14(19)17-9-16(2,22)15(20)21/h3-7,22H,8-9H2,1-2H3,(H,17,19)(H,20,21). The molecule has 1 atom stereocenters. The Bertz CT molecular complexity index is 743. The van der Waals surface area contributed by atoms with E-state index in [-0.39, 0.29) is 6.54 Å². The summed E-state index contributed by atoms with van der Waals surface area (Å²) in [6.45, 7) is 2.71. The molecule has 1 unspecified atom stereocenters. The molecule has 0 bridgehead atoms. The molecule has 3 N–H and O–H groups in total. The average Bonchev–Trinajstić information content (AvgIpc) is 2.96. The summed E-state index contributed by atoms with van der Waals surface area (Å²) in [5.74, 6) is -1.17. The summed E-state index contributed by atoms with van der Waals surface area (Å²) >= 11 is 3.06. The molecule has 0 saturated carbocycles. The summed E-state index contributed by atoms with van der Waals surface area (Å²) in [6.07, 6.45) is 0. The molecule has 1 aromatic carbocycles. The predicted molar refractivity (Wildman–Crippen MR) is 93.4 cm³/mol. The van der Waals surface area contributed by atoms with Crippen molar-refractivity contribution in [3.05, 3.63) is 45.9 Å². The van der Waals surface area contributed by atoms with Gasteiger partial charge >= 0.3 is 5.97 Å². The van der Waals surface area contributed by atoms with Crippen molar-refractivity contribution in [2.45, 2.75) is 30.1 Å². The second kappa shape index (κ2) is 7.78. The Labute approximate surface area is 147 Å². The maximum Gasteiger partial charge on any atom is 0.337 e. The summed E-state index contributed by atoms with van der Waals surface area (Å²) in [5, 5.41) is 24.0. The lowest BCUT2D eigenvalue weighted by Gasteiger charge is -2.18. The van der Waals surface area contributed by atoms with Gasteiger partial charge < -0.3 is 15.5 Å². The van der Waals surface area contributed by atoms with Crippen molar-refractivity contribution in [2.75, 3.05) is 6.54 Å². The van der Waals surface area contributed by atoms with Crippen LogP contribution in [0.25, 0.3) is 0 Å². The molecule has 6 nitrogen and oxygen atoms in total. The van der Waals surface area contributed by atoms with Crippen LogP contribution < -0.4 is 5.32 Å². The van der Waals surface area contributed by atoms with Crippen LogP contribution in [0.15, 0.2) is 34.5 Å². The molecule has 2 rings (SSSR count). The van der Waals surface area contributed by atoms with Crippen LogP contribution in [-0.2, 0) is 10.5 Å². The van der Waals surface area contributed by atoms with Crippen LogP contribution in [0.5, 0.6) is 0 Å². The third-order valence-electron chi connectivity index (χ3n) is 3.23. The van der Waals surface area contributed by atoms with Crippen molar-refractivity contribution in [3.63, 3.8) is 0 Å². The van der Waals surface area contributed by atoms with E-state index in [1.54, 1.807) is 23.5 Å². The number of aliphatic carboxylic acids is 1. The fraction of sp³-hybridized carbons (Fsp3) is 0.312. The first kappa shape index (κ1) is 18.4. The SMILES string of the molecule is Cc1nc(CSc2ccccc2C(=O)NCC(C)(O)C(=O)O)cs1. The summed E-state index contributed by atoms with van der Waals surface area (Å²) in [5.41, 5.74) is -0.613. The topological polar surface area (TPSA) is 99.5 Å². The van der Waals surface area contributed by atoms with Crippen LogP contribution in [0.3, 0.4) is 0 Å². The van der Waals surface area contributed by atoms with Gasteiger partial charge in [0.15, 0.2) is 5.60 Å². The predicted octanol–water partition coefficient (Wildman–Crippen LogP) is 2.31. The van der Waals surface area contributed by atoms with Gasteiger partial charge in [-0.1, -0.05) is 12.1 Å². The molecule has 0 saturated heterocycles. The van der Waals surface area contributed by atoms with E-state index < -0.39 is 17.5 Å². The van der Waals surface area contributed by atoms with Crippen molar-refractivity contribution >= 4 is 35.0 Å². The Morgan fingerprint density at radius 3 is 2.71 bits per heavy atom. The number of aryl methyl sites for hydroxylation is 1. The van der Waals surface area contributed by atoms with Gasteiger partial charge in [-0.2, -0.15) is 0 Å². The largest absolute Gasteiger partial charge is 0.479 e. The fourth-order valence-electron chi connectivity index (χ4n) is 1.83. The van der Waals surface area contributed by atoms with Crippen molar-refractivity contribution in [3.8, 4) is 0 Å². The molecule has 0 fully saturated rings. The Kier molecular flexibility index (Phi) is 5.98. The number of carbonyl (C=O) groups excluding carboxylic acids is 1. The van der Waals surface area contributed by atoms with Gasteiger partial charge in [0.25, 0.3) is 5.91 Å². The number of thiazole rings is 1. The van der Waals surface area contributed by atoms with Gasteiger partial charge in [0, 0.05) is 16.0 Å². The van der Waals surface area contributed by atoms with Gasteiger partial charge in [-0.25, -0.2) is 9.78 Å². The van der Waals surface area contributed by atoms with Crippen molar-refractivity contribution < 1.29 is 19.8 Å². The third kappa shape index (κ3) is 4.80. The van der Waals surface area contributed by atoms with E-state index in [4.69, 9.17) is 5.11 Å². The highest BCUT2D eigenvalue weighted by atomic mass is 32.2. The Balaban J connectivity index is 2.04. The fourth-order valence-corrected chi connectivity index (χ4v) is 3.49. The summed E-state index contributed by atoms with van der Waals surface area (Å²) in [4.78, 5) is 28.4. The van der Waals surface area contributed by atoms with E-state index in [9.17, 15) is 14.7 Å². The molecule has 0 radical (unpaired) electrons. The van der Waals surface area contributed by atoms with E-state index in [2.05, 4.69) is 10.3 Å². The molecule has 8 heteroatoms. The van der Waals surface area contributed by atoms with Gasteiger partial charge in [0.1, 0.15) is 0 Å². The lowest BCUT2D eigenvalue weighted by atomic mass is 10.1. The number of benzene rings is 1. The minimum absolute atomic E-state index is 0.370. The number of carboxylic acids is 1. The molecule has 1 amide bonds. The van der Waals surface area contributed by atoms with Crippen molar-refractivity contribution in [1.29, 1.82) is 0 Å². The zero-order valence-corrected chi connectivity index (χ0v) is 14.9. The number of thioether (sulfide) groups is 1. The van der Waals surface area contributed by atoms with Gasteiger partial charge in [0.2, 0.25) is 0 Å². The quantitative estimate of drug-likeness (QED) is 0.650. The van der Waals surface area contributed by atoms with E-state index in [0.717, 1.165) is 22.5 Å². The van der Waals surface area contributed by atoms with Gasteiger partial charge in [-0.3, -0.25) is 4.79 Å². The highest BCUT2D eigenvalue weighted by molar-refractivity contribution is 7.98. The van der Waals surface area contributed by atoms with E-state index in [1.807, 2.05) is 24.4 Å². The molecule has 0 aliphatic carbocycles. The number of carboxylic acid groups (broad SMARTS) is 1. The minimum atomic E-state index is -2.00. The summed E-state index contributed by atoms with van der Waals surface area (Å²) in [6, 6.07) is 7.06. The first-order valence-electron chi connectivity index (χ1n) is 7.16. The average molecular weight is 366 g/mol. The first-order chi connectivity index (χ1) is 11.3. The molecule has 2 aromatic rings. The number of amides is 1. The van der Waals surface area contributed by atoms with Crippen LogP contribution >= 0.6 is 23.1 Å². The second-order valence-electron chi connectivity index (χ2n) is 5.40. The number of aromatic nitrogens is 1. The lowest BCUT2D eigenvalue weighted by molar-refractivity contribution is -0.155. The number of nitrogens with zero attached hydrogens (tertiary/aromatic N) is 1. The van der Waals surface area contributed by atoms with E-state index in [1.165, 1.54) is 11.8 Å². The molecule has 0 spiro atoms. The maximum absolute atomic E-state index is 12.3. The van der Waals surface area contributed by atoms with Crippen LogP contribution in [0.1, 0.15) is 28.0 Å². The number of hydrogen-bond donors (Lipinski definition) is 3. The number of carbonyl (C=O) groups is 2. The second-order valence-corrected chi connectivity index (χ2v) is 7.48. The van der Waals surface area contributed by atoms with E-state index >= 15 is 0 Å². The van der Waals surface area contributed by atoms with Gasteiger partial charge in [-0.15, -0.1) is 23.1 Å². The molecule has 24 heavy (non-hydrogen) atoms. The molecule has 1 heterocycles. The molecular weight excluding hydrogens is 348 g/mol. The van der Waals surface area contributed by atoms with Crippen molar-refractivity contribution in [1.82, 2.24) is 10.3 Å². The van der Waals surface area contributed by atoms with Crippen molar-refractivity contribution in [2.24, 2.45) is 0 Å². The Morgan fingerprint density at radius 2 is 2.08 bits per heavy atom. The highest BCUT2D eigenvalue weighted by Gasteiger charge is 2.30. The molecule has 1 aromatic heterocycles. The number of nitrogens with one attached hydrogen (secondary N) is 1. The zero-order chi connectivity index (χ0) is 17.7. The van der Waals surface area contributed by atoms with Gasteiger partial charge in [-0.05, 0) is 26.0 Å². The smallest absolute Gasteiger partial charge is 0.337 e. The molecular formula is C16H18N2O4S2. The first-order valence-corrected chi connectivity index (χ1v) is 9.03. The molecule has 0 aliphatic rings. The van der Waals surface area contributed by atoms with Crippen LogP contribution in [0.2, 0.25) is 0 Å². The Morgan fingerprint density at radius 1 is 1.38 bits per heavy atom. The molecule has 128 valence electrons. The normalized spacial score (nSPS) is 13.3. The van der Waals surface area contributed by atoms with Crippen LogP contribution in [-0.4, -0.2) is 39.2 Å². The Hall–Kier alpha value is -1.90. The number of rotatable bonds is 7. The monoisotopic (exact) mass is 366 g/mol. The van der Waals surface area contributed by atoms with Crippen LogP contribution in [0, 0.1) is 6.92 Å². The molecule has 0 aliphatic heterocycles. The van der Waals surface area contributed by atoms with Gasteiger partial charge in [0.05, 0.1) is 22.8 Å². The summed E-state index contributed by atoms with van der Waals surface area (Å²) < 4.78 is 0. The highest BCUT2D eigenvalue weighted by Crippen LogP contribution is 2.26. The zero-order valence-electron chi connectivity index (χ0n) is 13.3. The van der Waals surface area contributed by atoms with Crippen LogP contribution in [0.4, 0.5) is 0 Å². The number of hydrogen-bond acceptors (Lipinski definition) is 6. The maximum atomic E-state index is 12.3. The number of aliphatic hydroxyl groups is 1. The lowest BCUT2D eigenvalue weighted by Crippen LogP contribution is -2.46.